The average Bonchev–Trinajstić information content (AvgIpc) is 3.52. The molecule has 8 heteroatoms. The van der Waals surface area contributed by atoms with Crippen molar-refractivity contribution in [2.45, 2.75) is 24.9 Å². The van der Waals surface area contributed by atoms with Gasteiger partial charge in [0.2, 0.25) is 5.43 Å². The number of methoxy groups -OCH3 is 1. The Morgan fingerprint density at radius 2 is 2.00 bits per heavy atom. The van der Waals surface area contributed by atoms with Crippen LogP contribution < -0.4 is 20.8 Å². The Labute approximate surface area is 154 Å². The molecule has 7 nitrogen and oxygen atoms in total. The number of hydrogen-bond donors (Lipinski definition) is 2. The second kappa shape index (κ2) is 5.45. The molecule has 0 radical (unpaired) electrons. The quantitative estimate of drug-likeness (QED) is 0.844. The molecule has 5 rings (SSSR count). The van der Waals surface area contributed by atoms with Gasteiger partial charge in [0.1, 0.15) is 11.3 Å². The molecule has 2 saturated carbocycles. The van der Waals surface area contributed by atoms with E-state index in [0.29, 0.717) is 41.9 Å². The number of anilines is 1. The number of hydrogen-bond acceptors (Lipinski definition) is 5. The van der Waals surface area contributed by atoms with E-state index in [1.54, 1.807) is 4.57 Å². The first-order valence-electron chi connectivity index (χ1n) is 9.11. The highest BCUT2D eigenvalue weighted by Gasteiger charge is 2.54. The van der Waals surface area contributed by atoms with Gasteiger partial charge in [0.05, 0.1) is 18.0 Å². The first-order valence-corrected chi connectivity index (χ1v) is 9.11. The van der Waals surface area contributed by atoms with Crippen molar-refractivity contribution in [2.75, 3.05) is 25.1 Å². The Morgan fingerprint density at radius 3 is 2.56 bits per heavy atom. The lowest BCUT2D eigenvalue weighted by atomic mass is 10.1. The first-order chi connectivity index (χ1) is 12.9. The average molecular weight is 373 g/mol. The number of carbonyl (C=O) groups is 1. The van der Waals surface area contributed by atoms with E-state index in [1.165, 1.54) is 13.3 Å². The molecule has 0 spiro atoms. The summed E-state index contributed by atoms with van der Waals surface area (Å²) in [5.41, 5.74) is 5.76. The van der Waals surface area contributed by atoms with Crippen molar-refractivity contribution in [3.63, 3.8) is 0 Å². The molecule has 0 amide bonds. The minimum Gasteiger partial charge on any atom is -0.492 e. The van der Waals surface area contributed by atoms with E-state index in [0.717, 1.165) is 18.9 Å². The number of piperidine rings is 1. The molecule has 1 saturated heterocycles. The minimum absolute atomic E-state index is 0.0426. The van der Waals surface area contributed by atoms with Crippen molar-refractivity contribution >= 4 is 22.6 Å². The number of nitrogens with two attached hydrogens (primary N) is 1. The Hall–Kier alpha value is -2.61. The van der Waals surface area contributed by atoms with Crippen LogP contribution in [0.4, 0.5) is 10.1 Å². The van der Waals surface area contributed by atoms with Crippen LogP contribution >= 0.6 is 0 Å². The maximum atomic E-state index is 15.1. The zero-order valence-electron chi connectivity index (χ0n) is 14.8. The van der Waals surface area contributed by atoms with Crippen LogP contribution in [0.3, 0.4) is 0 Å². The van der Waals surface area contributed by atoms with Crippen LogP contribution in [0.5, 0.6) is 5.75 Å². The molecule has 0 bridgehead atoms. The number of carboxylic acids is 1. The minimum atomic E-state index is -1.31. The summed E-state index contributed by atoms with van der Waals surface area (Å²) >= 11 is 0. The van der Waals surface area contributed by atoms with Crippen molar-refractivity contribution in [1.29, 1.82) is 0 Å². The van der Waals surface area contributed by atoms with Crippen LogP contribution in [0.15, 0.2) is 17.1 Å². The van der Waals surface area contributed by atoms with Gasteiger partial charge in [-0.25, -0.2) is 9.18 Å². The summed E-state index contributed by atoms with van der Waals surface area (Å²) in [6.07, 6.45) is 3.14. The summed E-state index contributed by atoms with van der Waals surface area (Å²) in [5.74, 6) is -0.861. The van der Waals surface area contributed by atoms with Crippen molar-refractivity contribution in [3.8, 4) is 5.75 Å². The van der Waals surface area contributed by atoms with Crippen LogP contribution in [-0.2, 0) is 0 Å². The second-order valence-electron chi connectivity index (χ2n) is 7.76. The fourth-order valence-corrected chi connectivity index (χ4v) is 4.48. The van der Waals surface area contributed by atoms with E-state index in [4.69, 9.17) is 10.5 Å². The molecule has 3 atom stereocenters. The van der Waals surface area contributed by atoms with E-state index in [1.807, 2.05) is 4.90 Å². The Balaban J connectivity index is 1.77. The molecule has 2 aliphatic carbocycles. The van der Waals surface area contributed by atoms with E-state index in [-0.39, 0.29) is 23.0 Å². The van der Waals surface area contributed by atoms with E-state index in [9.17, 15) is 14.7 Å². The van der Waals surface area contributed by atoms with Gasteiger partial charge in [-0.1, -0.05) is 0 Å². The maximum Gasteiger partial charge on any atom is 0.341 e. The summed E-state index contributed by atoms with van der Waals surface area (Å²) in [5, 5.41) is 9.42. The Morgan fingerprint density at radius 1 is 1.33 bits per heavy atom. The van der Waals surface area contributed by atoms with Gasteiger partial charge in [0, 0.05) is 31.4 Å². The molecular formula is C19H20FN3O4. The summed E-state index contributed by atoms with van der Waals surface area (Å²) in [6, 6.07) is 1.43. The molecule has 3 fully saturated rings. The third kappa shape index (κ3) is 2.29. The largest absolute Gasteiger partial charge is 0.492 e. The molecule has 1 unspecified atom stereocenters. The zero-order chi connectivity index (χ0) is 19.0. The Bertz CT molecular complexity index is 1030. The maximum absolute atomic E-state index is 15.1. The van der Waals surface area contributed by atoms with Gasteiger partial charge in [-0.05, 0) is 30.7 Å². The number of nitrogens with zero attached hydrogens (tertiary/aromatic N) is 2. The van der Waals surface area contributed by atoms with E-state index in [2.05, 4.69) is 0 Å². The van der Waals surface area contributed by atoms with Crippen LogP contribution in [0.1, 0.15) is 29.2 Å². The fourth-order valence-electron chi connectivity index (χ4n) is 4.48. The van der Waals surface area contributed by atoms with Gasteiger partial charge in [0.15, 0.2) is 11.6 Å². The number of fused-ring (bicyclic) bond motifs is 2. The van der Waals surface area contributed by atoms with Gasteiger partial charge in [-0.3, -0.25) is 4.79 Å². The van der Waals surface area contributed by atoms with Gasteiger partial charge < -0.3 is 25.0 Å². The van der Waals surface area contributed by atoms with Gasteiger partial charge in [-0.2, -0.15) is 0 Å². The standard InChI is InChI=1S/C19H20FN3O4/c1-27-18-15-9(17(24)12(19(25)26)7-23(15)8-2-3-8)4-13(20)16(18)22-5-10-11(6-22)14(10)21/h4,7-8,10-11,14H,2-3,5-6,21H2,1H3,(H,25,26)/t10-,11+,14?. The van der Waals surface area contributed by atoms with Gasteiger partial charge in [-0.15, -0.1) is 0 Å². The lowest BCUT2D eigenvalue weighted by Crippen LogP contribution is -2.29. The highest BCUT2D eigenvalue weighted by Crippen LogP contribution is 2.49. The highest BCUT2D eigenvalue weighted by molar-refractivity contribution is 5.97. The molecule has 3 aliphatic rings. The molecule has 2 aromatic rings. The van der Waals surface area contributed by atoms with Crippen molar-refractivity contribution < 1.29 is 19.0 Å². The van der Waals surface area contributed by atoms with Crippen LogP contribution in [0.25, 0.3) is 10.9 Å². The number of benzene rings is 1. The fraction of sp³-hybridized carbons (Fsp3) is 0.474. The van der Waals surface area contributed by atoms with Crippen molar-refractivity contribution in [1.82, 2.24) is 4.57 Å². The molecular weight excluding hydrogens is 353 g/mol. The molecule has 1 aliphatic heterocycles. The lowest BCUT2D eigenvalue weighted by molar-refractivity contribution is 0.0695. The van der Waals surface area contributed by atoms with Gasteiger partial charge >= 0.3 is 5.97 Å². The molecule has 1 aromatic carbocycles. The van der Waals surface area contributed by atoms with E-state index >= 15 is 4.39 Å². The summed E-state index contributed by atoms with van der Waals surface area (Å²) in [7, 11) is 1.45. The molecule has 2 heterocycles. The monoisotopic (exact) mass is 373 g/mol. The van der Waals surface area contributed by atoms with E-state index < -0.39 is 17.2 Å². The van der Waals surface area contributed by atoms with Crippen LogP contribution in [0.2, 0.25) is 0 Å². The number of aromatic nitrogens is 1. The third-order valence-electron chi connectivity index (χ3n) is 6.15. The first kappa shape index (κ1) is 16.6. The molecule has 142 valence electrons. The second-order valence-corrected chi connectivity index (χ2v) is 7.76. The van der Waals surface area contributed by atoms with Crippen LogP contribution in [0, 0.1) is 17.7 Å². The summed E-state index contributed by atoms with van der Waals surface area (Å²) in [6.45, 7) is 1.32. The molecule has 27 heavy (non-hydrogen) atoms. The van der Waals surface area contributed by atoms with Crippen molar-refractivity contribution in [3.05, 3.63) is 33.9 Å². The third-order valence-corrected chi connectivity index (χ3v) is 6.15. The lowest BCUT2D eigenvalue weighted by Gasteiger charge is -2.26. The normalized spacial score (nSPS) is 26.3. The number of rotatable bonds is 4. The Kier molecular flexibility index (Phi) is 3.34. The number of carboxylic acid groups (broad SMARTS) is 1. The van der Waals surface area contributed by atoms with Gasteiger partial charge in [0.25, 0.3) is 0 Å². The topological polar surface area (TPSA) is 97.8 Å². The van der Waals surface area contributed by atoms with Crippen molar-refractivity contribution in [2.24, 2.45) is 17.6 Å². The SMILES string of the molecule is COc1c(N2C[C@@H]3C(N)[C@@H]3C2)c(F)cc2c(=O)c(C(=O)O)cn(C3CC3)c12. The smallest absolute Gasteiger partial charge is 0.341 e. The number of ether oxygens (including phenoxy) is 1. The number of pyridine rings is 1. The summed E-state index contributed by atoms with van der Waals surface area (Å²) < 4.78 is 22.4. The number of halogens is 1. The predicted molar refractivity (Wildman–Crippen MR) is 97.1 cm³/mol. The number of aromatic carboxylic acids is 1. The highest BCUT2D eigenvalue weighted by atomic mass is 19.1. The van der Waals surface area contributed by atoms with Crippen LogP contribution in [-0.4, -0.2) is 41.9 Å². The summed E-state index contributed by atoms with van der Waals surface area (Å²) in [4.78, 5) is 26.1. The molecule has 3 N–H and O–H groups in total. The predicted octanol–water partition coefficient (Wildman–Crippen LogP) is 1.58. The molecule has 1 aromatic heterocycles. The zero-order valence-corrected chi connectivity index (χ0v) is 14.8.